The monoisotopic (exact) mass is 474 g/mol. The first-order valence-corrected chi connectivity index (χ1v) is 11.4. The van der Waals surface area contributed by atoms with E-state index < -0.39 is 34.2 Å². The second kappa shape index (κ2) is 8.78. The molecule has 33 heavy (non-hydrogen) atoms. The number of nitrogen functional groups attached to an aromatic ring is 1. The number of hydrogen-bond acceptors (Lipinski definition) is 7. The number of anilines is 3. The molecule has 2 aliphatic heterocycles. The summed E-state index contributed by atoms with van der Waals surface area (Å²) in [7, 11) is -3.60. The second-order valence-electron chi connectivity index (χ2n) is 7.47. The number of nitrogens with zero attached hydrogens (tertiary/aromatic N) is 1. The summed E-state index contributed by atoms with van der Waals surface area (Å²) in [4.78, 5) is 26.9. The summed E-state index contributed by atoms with van der Waals surface area (Å²) in [6, 6.07) is 10.9. The molecular formula is C20H22N6O6S. The van der Waals surface area contributed by atoms with Crippen molar-refractivity contribution < 1.29 is 27.9 Å². The van der Waals surface area contributed by atoms with Crippen molar-refractivity contribution in [3.05, 3.63) is 53.6 Å². The first-order chi connectivity index (χ1) is 15.6. The first-order valence-electron chi connectivity index (χ1n) is 9.91. The van der Waals surface area contributed by atoms with Gasteiger partial charge in [-0.1, -0.05) is 0 Å². The van der Waals surface area contributed by atoms with E-state index in [1.807, 2.05) is 0 Å². The molecule has 2 aromatic rings. The van der Waals surface area contributed by atoms with Crippen LogP contribution in [0.5, 0.6) is 0 Å². The number of hydrogen-bond donors (Lipinski definition) is 6. The fourth-order valence-corrected chi connectivity index (χ4v) is 4.43. The van der Waals surface area contributed by atoms with Crippen molar-refractivity contribution in [3.63, 3.8) is 0 Å². The molecule has 0 aliphatic carbocycles. The van der Waals surface area contributed by atoms with Crippen LogP contribution in [0.3, 0.4) is 0 Å². The van der Waals surface area contributed by atoms with E-state index in [9.17, 15) is 23.1 Å². The first kappa shape index (κ1) is 22.7. The molecule has 2 heterocycles. The van der Waals surface area contributed by atoms with Crippen molar-refractivity contribution in [1.29, 1.82) is 5.41 Å². The number of nitrogens with two attached hydrogens (primary N) is 1. The molecular weight excluding hydrogens is 452 g/mol. The van der Waals surface area contributed by atoms with Crippen molar-refractivity contribution in [2.45, 2.75) is 18.8 Å². The maximum atomic E-state index is 13.0. The van der Waals surface area contributed by atoms with E-state index in [0.29, 0.717) is 28.2 Å². The predicted octanol–water partition coefficient (Wildman–Crippen LogP) is -0.538. The van der Waals surface area contributed by atoms with Crippen LogP contribution >= 0.6 is 0 Å². The van der Waals surface area contributed by atoms with Crippen molar-refractivity contribution >= 4 is 44.9 Å². The number of aliphatic hydroxyl groups is 1. The molecule has 2 atom stereocenters. The van der Waals surface area contributed by atoms with E-state index in [-0.39, 0.29) is 25.5 Å². The highest BCUT2D eigenvalue weighted by atomic mass is 32.2. The molecule has 1 saturated heterocycles. The third-order valence-corrected chi connectivity index (χ3v) is 6.25. The Morgan fingerprint density at radius 1 is 1.27 bits per heavy atom. The van der Waals surface area contributed by atoms with Crippen LogP contribution in [0.15, 0.2) is 42.5 Å². The molecule has 174 valence electrons. The molecule has 1 fully saturated rings. The topological polar surface area (TPSA) is 187 Å². The minimum Gasteiger partial charge on any atom is -0.384 e. The fraction of sp³-hybridized carbons (Fsp3) is 0.250. The van der Waals surface area contributed by atoms with Crippen LogP contribution in [0.2, 0.25) is 0 Å². The van der Waals surface area contributed by atoms with E-state index in [1.54, 1.807) is 30.3 Å². The molecule has 0 aromatic heterocycles. The molecule has 2 aliphatic rings. The van der Waals surface area contributed by atoms with Gasteiger partial charge >= 0.3 is 0 Å². The quantitative estimate of drug-likeness (QED) is 0.248. The van der Waals surface area contributed by atoms with E-state index in [0.717, 1.165) is 0 Å². The summed E-state index contributed by atoms with van der Waals surface area (Å²) in [5.74, 6) is -1.54. The number of amidine groups is 1. The largest absolute Gasteiger partial charge is 0.384 e. The number of rotatable bonds is 5. The van der Waals surface area contributed by atoms with Gasteiger partial charge in [-0.3, -0.25) is 19.7 Å². The second-order valence-corrected chi connectivity index (χ2v) is 8.97. The summed E-state index contributed by atoms with van der Waals surface area (Å²) in [6.45, 7) is 0.359. The number of benzene rings is 2. The summed E-state index contributed by atoms with van der Waals surface area (Å²) in [5.41, 5.74) is 7.77. The summed E-state index contributed by atoms with van der Waals surface area (Å²) < 4.78 is 33.4. The van der Waals surface area contributed by atoms with Gasteiger partial charge in [0.05, 0.1) is 12.3 Å². The van der Waals surface area contributed by atoms with E-state index >= 15 is 0 Å². The lowest BCUT2D eigenvalue weighted by atomic mass is 10.1. The maximum Gasteiger partial charge on any atom is 0.299 e. The molecule has 2 aromatic carbocycles. The van der Waals surface area contributed by atoms with E-state index in [4.69, 9.17) is 15.9 Å². The van der Waals surface area contributed by atoms with Gasteiger partial charge in [-0.15, -0.1) is 0 Å². The number of ether oxygens (including phenoxy) is 1. The summed E-state index contributed by atoms with van der Waals surface area (Å²) in [6.07, 6.45) is -3.18. The van der Waals surface area contributed by atoms with Gasteiger partial charge in [0.15, 0.2) is 12.2 Å². The van der Waals surface area contributed by atoms with Gasteiger partial charge in [0, 0.05) is 30.0 Å². The van der Waals surface area contributed by atoms with Gasteiger partial charge in [-0.2, -0.15) is 13.1 Å². The summed E-state index contributed by atoms with van der Waals surface area (Å²) in [5, 5.41) is 20.4. The van der Waals surface area contributed by atoms with Crippen molar-refractivity contribution in [2.75, 3.05) is 28.1 Å². The average Bonchev–Trinajstić information content (AvgIpc) is 2.78. The van der Waals surface area contributed by atoms with Crippen LogP contribution in [0.25, 0.3) is 0 Å². The molecule has 1 unspecified atom stereocenters. The van der Waals surface area contributed by atoms with Gasteiger partial charge in [0.1, 0.15) is 5.84 Å². The fourth-order valence-electron chi connectivity index (χ4n) is 3.52. The molecule has 0 spiro atoms. The molecule has 7 N–H and O–H groups in total. The normalized spacial score (nSPS) is 20.3. The zero-order chi connectivity index (χ0) is 23.8. The number of carbonyl (C=O) groups is 2. The average molecular weight is 474 g/mol. The van der Waals surface area contributed by atoms with Gasteiger partial charge in [-0.05, 0) is 48.0 Å². The molecule has 0 bridgehead atoms. The van der Waals surface area contributed by atoms with Crippen molar-refractivity contribution in [3.8, 4) is 0 Å². The van der Waals surface area contributed by atoms with Gasteiger partial charge in [0.2, 0.25) is 0 Å². The predicted molar refractivity (Wildman–Crippen MR) is 120 cm³/mol. The van der Waals surface area contributed by atoms with Crippen molar-refractivity contribution in [1.82, 2.24) is 4.72 Å². The molecule has 4 rings (SSSR count). The number of amides is 2. The minimum atomic E-state index is -3.60. The Balaban J connectivity index is 1.46. The molecule has 13 heteroatoms. The Hall–Kier alpha value is -3.52. The number of morpholine rings is 1. The zero-order valence-corrected chi connectivity index (χ0v) is 18.1. The highest BCUT2D eigenvalue weighted by molar-refractivity contribution is 7.90. The Bertz CT molecular complexity index is 1220. The van der Waals surface area contributed by atoms with Crippen LogP contribution in [-0.4, -0.2) is 56.5 Å². The minimum absolute atomic E-state index is 0.0634. The smallest absolute Gasteiger partial charge is 0.299 e. The SMILES string of the molecule is N=C(N)c1ccc(NC(=O)[C@H](O)C2OCCN(c3ccc4c(c3)CNS(=O)(=O)N4)C2=O)cc1. The highest BCUT2D eigenvalue weighted by Gasteiger charge is 2.39. The van der Waals surface area contributed by atoms with Gasteiger partial charge in [-0.25, -0.2) is 0 Å². The van der Waals surface area contributed by atoms with Crippen LogP contribution < -0.4 is 25.4 Å². The number of nitrogens with one attached hydrogen (secondary N) is 4. The third-order valence-electron chi connectivity index (χ3n) is 5.24. The van der Waals surface area contributed by atoms with Crippen molar-refractivity contribution in [2.24, 2.45) is 5.73 Å². The van der Waals surface area contributed by atoms with Crippen LogP contribution in [-0.2, 0) is 31.1 Å². The van der Waals surface area contributed by atoms with Gasteiger partial charge < -0.3 is 25.8 Å². The zero-order valence-electron chi connectivity index (χ0n) is 17.2. The van der Waals surface area contributed by atoms with Crippen LogP contribution in [0, 0.1) is 5.41 Å². The van der Waals surface area contributed by atoms with E-state index in [2.05, 4.69) is 14.8 Å². The Morgan fingerprint density at radius 2 is 2.00 bits per heavy atom. The molecule has 0 radical (unpaired) electrons. The molecule has 12 nitrogen and oxygen atoms in total. The number of carbonyl (C=O) groups excluding carboxylic acids is 2. The van der Waals surface area contributed by atoms with Crippen LogP contribution in [0.1, 0.15) is 11.1 Å². The Labute approximate surface area is 189 Å². The number of fused-ring (bicyclic) bond motifs is 1. The molecule has 2 amide bonds. The lowest BCUT2D eigenvalue weighted by Gasteiger charge is -2.34. The van der Waals surface area contributed by atoms with Gasteiger partial charge in [0.25, 0.3) is 22.0 Å². The lowest BCUT2D eigenvalue weighted by molar-refractivity contribution is -0.150. The molecule has 0 saturated carbocycles. The lowest BCUT2D eigenvalue weighted by Crippen LogP contribution is -2.55. The van der Waals surface area contributed by atoms with E-state index in [1.165, 1.54) is 17.0 Å². The summed E-state index contributed by atoms with van der Waals surface area (Å²) >= 11 is 0. The Kier molecular flexibility index (Phi) is 6.03. The maximum absolute atomic E-state index is 13.0. The Morgan fingerprint density at radius 3 is 2.70 bits per heavy atom. The number of aliphatic hydroxyl groups excluding tert-OH is 1. The standard InChI is InChI=1S/C20H22N6O6S/c21-18(22)11-1-3-13(4-2-11)24-19(28)16(27)17-20(29)26(7-8-32-17)14-5-6-15-12(9-14)10-23-33(30,31)25-15/h1-6,9,16-17,23,25,27H,7-8,10H2,(H3,21,22)(H,24,28)/t16-,17?/m1/s1. The third kappa shape index (κ3) is 4.80. The van der Waals surface area contributed by atoms with Crippen LogP contribution in [0.4, 0.5) is 17.1 Å². The highest BCUT2D eigenvalue weighted by Crippen LogP contribution is 2.28.